The number of allylic oxidation sites excluding steroid dienone is 4. The van der Waals surface area contributed by atoms with Crippen molar-refractivity contribution in [3.63, 3.8) is 0 Å². The second kappa shape index (κ2) is 47.4. The maximum atomic E-state index is 13.2. The fourth-order valence-electron chi connectivity index (χ4n) is 8.05. The van der Waals surface area contributed by atoms with Gasteiger partial charge in [0.25, 0.3) is 0 Å². The second-order valence-corrected chi connectivity index (χ2v) is 17.9. The highest BCUT2D eigenvalue weighted by Gasteiger charge is 2.24. The highest BCUT2D eigenvalue weighted by atomic mass is 16.5. The van der Waals surface area contributed by atoms with Crippen molar-refractivity contribution in [2.45, 2.75) is 296 Å². The van der Waals surface area contributed by atoms with Gasteiger partial charge < -0.3 is 20.3 Å². The molecule has 0 fully saturated rings. The summed E-state index contributed by atoms with van der Waals surface area (Å²) in [7, 11) is 0. The molecule has 6 nitrogen and oxygen atoms in total. The fraction of sp³-hybridized carbons (Fsp3) is 0.887. The summed E-state index contributed by atoms with van der Waals surface area (Å²) in [6.07, 6.45) is 53.8. The molecule has 0 radical (unpaired) electrons. The maximum Gasteiger partial charge on any atom is 0.306 e. The summed E-state index contributed by atoms with van der Waals surface area (Å²) in [5.74, 6) is -0.476. The van der Waals surface area contributed by atoms with E-state index < -0.39 is 18.2 Å². The van der Waals surface area contributed by atoms with Gasteiger partial charge in [-0.2, -0.15) is 0 Å². The highest BCUT2D eigenvalue weighted by Crippen LogP contribution is 2.18. The van der Waals surface area contributed by atoms with Gasteiger partial charge in [-0.3, -0.25) is 9.59 Å². The predicted molar refractivity (Wildman–Crippen MR) is 255 cm³/mol. The van der Waals surface area contributed by atoms with Crippen molar-refractivity contribution in [1.82, 2.24) is 5.32 Å². The molecule has 0 aliphatic heterocycles. The lowest BCUT2D eigenvalue weighted by Gasteiger charge is -2.24. The monoisotopic (exact) mass is 832 g/mol. The van der Waals surface area contributed by atoms with E-state index in [4.69, 9.17) is 4.74 Å². The highest BCUT2D eigenvalue weighted by molar-refractivity contribution is 5.77. The number of amides is 1. The summed E-state index contributed by atoms with van der Waals surface area (Å²) in [6.45, 7) is 6.46. The van der Waals surface area contributed by atoms with Gasteiger partial charge in [0.1, 0.15) is 6.10 Å². The number of nitrogens with one attached hydrogen (secondary N) is 1. The van der Waals surface area contributed by atoms with Gasteiger partial charge in [-0.15, -0.1) is 0 Å². The van der Waals surface area contributed by atoms with Crippen LogP contribution in [0.4, 0.5) is 0 Å². The Balaban J connectivity index is 4.53. The molecule has 6 heteroatoms. The number of carbonyl (C=O) groups excluding carboxylic acids is 2. The summed E-state index contributed by atoms with van der Waals surface area (Å²) in [5, 5.41) is 23.8. The van der Waals surface area contributed by atoms with Crippen molar-refractivity contribution in [3.05, 3.63) is 24.3 Å². The molecule has 0 aromatic rings. The van der Waals surface area contributed by atoms with Crippen molar-refractivity contribution < 1.29 is 24.5 Å². The smallest absolute Gasteiger partial charge is 0.306 e. The third kappa shape index (κ3) is 42.8. The van der Waals surface area contributed by atoms with Gasteiger partial charge in [-0.1, -0.05) is 231 Å². The Morgan fingerprint density at radius 3 is 1.32 bits per heavy atom. The molecular formula is C53H101NO5. The molecule has 0 rings (SSSR count). The zero-order chi connectivity index (χ0) is 43.1. The van der Waals surface area contributed by atoms with Crippen LogP contribution in [0.5, 0.6) is 0 Å². The van der Waals surface area contributed by atoms with Crippen LogP contribution in [0.1, 0.15) is 278 Å². The SMILES string of the molecule is CCCCC/C=C\C/C=C\CCCCCCCC(CC(=O)NC(CO)C(O)CCCCCCCCCCCCCCCCC)OC(=O)CCCCCCCCCCCC. The zero-order valence-electron chi connectivity index (χ0n) is 39.7. The van der Waals surface area contributed by atoms with Crippen LogP contribution in [0, 0.1) is 0 Å². The van der Waals surface area contributed by atoms with Crippen molar-refractivity contribution in [1.29, 1.82) is 0 Å². The lowest BCUT2D eigenvalue weighted by Crippen LogP contribution is -2.46. The van der Waals surface area contributed by atoms with E-state index in [0.29, 0.717) is 19.3 Å². The molecule has 348 valence electrons. The molecule has 59 heavy (non-hydrogen) atoms. The number of rotatable bonds is 47. The van der Waals surface area contributed by atoms with Gasteiger partial charge in [0, 0.05) is 6.42 Å². The van der Waals surface area contributed by atoms with E-state index in [2.05, 4.69) is 50.4 Å². The Morgan fingerprint density at radius 1 is 0.492 bits per heavy atom. The number of ether oxygens (including phenoxy) is 1. The molecule has 0 heterocycles. The van der Waals surface area contributed by atoms with E-state index in [0.717, 1.165) is 64.2 Å². The van der Waals surface area contributed by atoms with E-state index in [1.165, 1.54) is 167 Å². The fourth-order valence-corrected chi connectivity index (χ4v) is 8.05. The first-order valence-electron chi connectivity index (χ1n) is 26.1. The van der Waals surface area contributed by atoms with Crippen LogP contribution in [0.2, 0.25) is 0 Å². The minimum Gasteiger partial charge on any atom is -0.462 e. The lowest BCUT2D eigenvalue weighted by atomic mass is 10.0. The Bertz CT molecular complexity index is 935. The van der Waals surface area contributed by atoms with E-state index in [1.807, 2.05) is 0 Å². The van der Waals surface area contributed by atoms with Gasteiger partial charge in [0.15, 0.2) is 0 Å². The number of unbranched alkanes of at least 4 members (excludes halogenated alkanes) is 31. The molecule has 0 spiro atoms. The summed E-state index contributed by atoms with van der Waals surface area (Å²) in [6, 6.07) is -0.701. The zero-order valence-corrected chi connectivity index (χ0v) is 39.7. The summed E-state index contributed by atoms with van der Waals surface area (Å²) >= 11 is 0. The first-order chi connectivity index (χ1) is 29.0. The molecule has 0 bridgehead atoms. The van der Waals surface area contributed by atoms with Gasteiger partial charge >= 0.3 is 5.97 Å². The molecule has 3 N–H and O–H groups in total. The molecule has 0 aliphatic carbocycles. The van der Waals surface area contributed by atoms with Gasteiger partial charge in [-0.05, 0) is 57.8 Å². The van der Waals surface area contributed by atoms with E-state index in [-0.39, 0.29) is 24.9 Å². The van der Waals surface area contributed by atoms with Crippen LogP contribution in [0.3, 0.4) is 0 Å². The number of carbonyl (C=O) groups is 2. The maximum absolute atomic E-state index is 13.2. The van der Waals surface area contributed by atoms with Gasteiger partial charge in [0.2, 0.25) is 5.91 Å². The first-order valence-corrected chi connectivity index (χ1v) is 26.1. The van der Waals surface area contributed by atoms with E-state index in [1.54, 1.807) is 0 Å². The summed E-state index contributed by atoms with van der Waals surface area (Å²) in [5.41, 5.74) is 0. The van der Waals surface area contributed by atoms with Crippen LogP contribution >= 0.6 is 0 Å². The molecule has 0 aliphatic rings. The number of hydrogen-bond donors (Lipinski definition) is 3. The number of hydrogen-bond acceptors (Lipinski definition) is 5. The number of aliphatic hydroxyl groups is 2. The standard InChI is InChI=1S/C53H101NO5/c1-4-7-10-13-16-19-22-24-26-28-30-32-35-38-41-44-49(59-53(58)46-43-40-37-34-21-18-15-12-9-6-3)47-52(57)54-50(48-55)51(56)45-42-39-36-33-31-29-27-25-23-20-17-14-11-8-5-2/h16,19,24,26,49-51,55-56H,4-15,17-18,20-23,25,27-48H2,1-3H3,(H,54,57)/b19-16-,26-24-. The third-order valence-electron chi connectivity index (χ3n) is 12.0. The molecule has 3 unspecified atom stereocenters. The molecule has 0 saturated carbocycles. The van der Waals surface area contributed by atoms with Crippen LogP contribution in [-0.2, 0) is 14.3 Å². The number of aliphatic hydroxyl groups excluding tert-OH is 2. The van der Waals surface area contributed by atoms with Crippen LogP contribution in [0.15, 0.2) is 24.3 Å². The van der Waals surface area contributed by atoms with Gasteiger partial charge in [-0.25, -0.2) is 0 Å². The molecule has 0 aromatic heterocycles. The van der Waals surface area contributed by atoms with E-state index >= 15 is 0 Å². The van der Waals surface area contributed by atoms with Crippen LogP contribution < -0.4 is 5.32 Å². The van der Waals surface area contributed by atoms with Crippen molar-refractivity contribution >= 4 is 11.9 Å². The Morgan fingerprint density at radius 2 is 0.864 bits per heavy atom. The third-order valence-corrected chi connectivity index (χ3v) is 12.0. The number of esters is 1. The average Bonchev–Trinajstić information content (AvgIpc) is 3.23. The van der Waals surface area contributed by atoms with Crippen LogP contribution in [0.25, 0.3) is 0 Å². The first kappa shape index (κ1) is 57.3. The topological polar surface area (TPSA) is 95.9 Å². The lowest BCUT2D eigenvalue weighted by molar-refractivity contribution is -0.151. The van der Waals surface area contributed by atoms with Crippen LogP contribution in [-0.4, -0.2) is 46.9 Å². The Hall–Kier alpha value is -1.66. The summed E-state index contributed by atoms with van der Waals surface area (Å²) < 4.78 is 5.92. The average molecular weight is 832 g/mol. The largest absolute Gasteiger partial charge is 0.462 e. The summed E-state index contributed by atoms with van der Waals surface area (Å²) in [4.78, 5) is 26.1. The Kier molecular flexibility index (Phi) is 46.1. The second-order valence-electron chi connectivity index (χ2n) is 17.9. The quantitative estimate of drug-likeness (QED) is 0.0322. The Labute approximate surface area is 367 Å². The predicted octanol–water partition coefficient (Wildman–Crippen LogP) is 15.5. The van der Waals surface area contributed by atoms with Crippen molar-refractivity contribution in [3.8, 4) is 0 Å². The molecule has 1 amide bonds. The molecule has 3 atom stereocenters. The van der Waals surface area contributed by atoms with Crippen molar-refractivity contribution in [2.24, 2.45) is 0 Å². The minimum absolute atomic E-state index is 0.0732. The van der Waals surface area contributed by atoms with Gasteiger partial charge in [0.05, 0.1) is 25.2 Å². The normalized spacial score (nSPS) is 13.4. The molecule has 0 saturated heterocycles. The van der Waals surface area contributed by atoms with E-state index in [9.17, 15) is 19.8 Å². The van der Waals surface area contributed by atoms with Crippen molar-refractivity contribution in [2.75, 3.05) is 6.61 Å². The minimum atomic E-state index is -0.787. The molecular weight excluding hydrogens is 731 g/mol. The molecule has 0 aromatic carbocycles.